The summed E-state index contributed by atoms with van der Waals surface area (Å²) in [6, 6.07) is 7.82. The van der Waals surface area contributed by atoms with Gasteiger partial charge in [0.1, 0.15) is 5.75 Å². The molecule has 0 spiro atoms. The summed E-state index contributed by atoms with van der Waals surface area (Å²) in [4.78, 5) is 0. The van der Waals surface area contributed by atoms with E-state index in [2.05, 4.69) is 0 Å². The monoisotopic (exact) mass is 251 g/mol. The van der Waals surface area contributed by atoms with Crippen LogP contribution in [0.2, 0.25) is 0 Å². The number of hydrogen-bond acceptors (Lipinski definition) is 4. The molecule has 0 saturated carbocycles. The van der Waals surface area contributed by atoms with E-state index < -0.39 is 0 Å². The lowest BCUT2D eigenvalue weighted by molar-refractivity contribution is -0.0188. The lowest BCUT2D eigenvalue weighted by Crippen LogP contribution is -2.22. The van der Waals surface area contributed by atoms with Gasteiger partial charge in [0.2, 0.25) is 0 Å². The van der Waals surface area contributed by atoms with Gasteiger partial charge in [0.05, 0.1) is 25.9 Å². The largest absolute Gasteiger partial charge is 0.496 e. The van der Waals surface area contributed by atoms with Crippen molar-refractivity contribution in [2.75, 3.05) is 26.9 Å². The molecule has 1 aromatic rings. The van der Waals surface area contributed by atoms with E-state index in [1.54, 1.807) is 7.11 Å². The van der Waals surface area contributed by atoms with Gasteiger partial charge in [-0.3, -0.25) is 0 Å². The molecule has 1 fully saturated rings. The second kappa shape index (κ2) is 6.73. The molecule has 18 heavy (non-hydrogen) atoms. The molecule has 2 rings (SSSR count). The summed E-state index contributed by atoms with van der Waals surface area (Å²) in [6.07, 6.45) is 2.28. The Bertz CT molecular complexity index is 364. The second-order valence-corrected chi connectivity index (χ2v) is 4.43. The zero-order valence-corrected chi connectivity index (χ0v) is 10.8. The summed E-state index contributed by atoms with van der Waals surface area (Å²) in [5, 5.41) is 0. The Labute approximate surface area is 108 Å². The number of para-hydroxylation sites is 1. The standard InChI is InChI=1S/C14H21NO3/c1-16-13-7-3-2-6-12(13)14(9-15)18-10-11-5-4-8-17-11/h2-3,6-7,11,14H,4-5,8-10,15H2,1H3. The molecule has 2 atom stereocenters. The minimum absolute atomic E-state index is 0.134. The van der Waals surface area contributed by atoms with E-state index in [-0.39, 0.29) is 12.2 Å². The van der Waals surface area contributed by atoms with Gasteiger partial charge >= 0.3 is 0 Å². The van der Waals surface area contributed by atoms with Crippen LogP contribution in [0.3, 0.4) is 0 Å². The van der Waals surface area contributed by atoms with Gasteiger partial charge < -0.3 is 19.9 Å². The maximum Gasteiger partial charge on any atom is 0.124 e. The fourth-order valence-corrected chi connectivity index (χ4v) is 2.22. The van der Waals surface area contributed by atoms with Crippen LogP contribution >= 0.6 is 0 Å². The van der Waals surface area contributed by atoms with E-state index in [0.29, 0.717) is 13.2 Å². The summed E-state index contributed by atoms with van der Waals surface area (Å²) in [5.74, 6) is 0.820. The molecule has 0 amide bonds. The highest BCUT2D eigenvalue weighted by atomic mass is 16.5. The second-order valence-electron chi connectivity index (χ2n) is 4.43. The molecule has 0 bridgehead atoms. The minimum Gasteiger partial charge on any atom is -0.496 e. The lowest BCUT2D eigenvalue weighted by atomic mass is 10.1. The van der Waals surface area contributed by atoms with E-state index in [1.807, 2.05) is 24.3 Å². The Morgan fingerprint density at radius 3 is 2.94 bits per heavy atom. The van der Waals surface area contributed by atoms with Crippen LogP contribution in [-0.2, 0) is 9.47 Å². The average molecular weight is 251 g/mol. The molecule has 2 unspecified atom stereocenters. The lowest BCUT2D eigenvalue weighted by Gasteiger charge is -2.20. The summed E-state index contributed by atoms with van der Waals surface area (Å²) in [7, 11) is 1.66. The third-order valence-corrected chi connectivity index (χ3v) is 3.21. The van der Waals surface area contributed by atoms with Crippen LogP contribution in [0.4, 0.5) is 0 Å². The summed E-state index contributed by atoms with van der Waals surface area (Å²) < 4.78 is 16.8. The first-order chi connectivity index (χ1) is 8.85. The molecule has 2 N–H and O–H groups in total. The summed E-state index contributed by atoms with van der Waals surface area (Å²) in [6.45, 7) is 1.88. The molecule has 0 aliphatic carbocycles. The fourth-order valence-electron chi connectivity index (χ4n) is 2.22. The predicted octanol–water partition coefficient (Wildman–Crippen LogP) is 1.89. The van der Waals surface area contributed by atoms with Gasteiger partial charge in [-0.25, -0.2) is 0 Å². The van der Waals surface area contributed by atoms with E-state index >= 15 is 0 Å². The Hall–Kier alpha value is -1.10. The third-order valence-electron chi connectivity index (χ3n) is 3.21. The van der Waals surface area contributed by atoms with Gasteiger partial charge in [-0.1, -0.05) is 18.2 Å². The van der Waals surface area contributed by atoms with Gasteiger partial charge in [0, 0.05) is 18.7 Å². The first-order valence-electron chi connectivity index (χ1n) is 6.41. The van der Waals surface area contributed by atoms with Crippen molar-refractivity contribution in [1.82, 2.24) is 0 Å². The van der Waals surface area contributed by atoms with Gasteiger partial charge in [0.25, 0.3) is 0 Å². The van der Waals surface area contributed by atoms with Crippen molar-refractivity contribution >= 4 is 0 Å². The van der Waals surface area contributed by atoms with Crippen LogP contribution in [0, 0.1) is 0 Å². The van der Waals surface area contributed by atoms with E-state index in [1.165, 1.54) is 0 Å². The van der Waals surface area contributed by atoms with Crippen molar-refractivity contribution in [3.8, 4) is 5.75 Å². The molecule has 0 aromatic heterocycles. The van der Waals surface area contributed by atoms with E-state index in [9.17, 15) is 0 Å². The highest BCUT2D eigenvalue weighted by Gasteiger charge is 2.20. The highest BCUT2D eigenvalue weighted by Crippen LogP contribution is 2.27. The van der Waals surface area contributed by atoms with Gasteiger partial charge in [0.15, 0.2) is 0 Å². The highest BCUT2D eigenvalue weighted by molar-refractivity contribution is 5.35. The first kappa shape index (κ1) is 13.3. The Balaban J connectivity index is 1.98. The Morgan fingerprint density at radius 1 is 1.44 bits per heavy atom. The molecular weight excluding hydrogens is 230 g/mol. The number of methoxy groups -OCH3 is 1. The van der Waals surface area contributed by atoms with Crippen LogP contribution in [-0.4, -0.2) is 33.0 Å². The number of nitrogens with two attached hydrogens (primary N) is 1. The molecule has 4 heteroatoms. The fraction of sp³-hybridized carbons (Fsp3) is 0.571. The van der Waals surface area contributed by atoms with Crippen molar-refractivity contribution in [1.29, 1.82) is 0 Å². The third kappa shape index (κ3) is 3.22. The number of benzene rings is 1. The topological polar surface area (TPSA) is 53.7 Å². The van der Waals surface area contributed by atoms with Crippen LogP contribution < -0.4 is 10.5 Å². The summed E-state index contributed by atoms with van der Waals surface area (Å²) in [5.41, 5.74) is 6.79. The van der Waals surface area contributed by atoms with Gasteiger partial charge in [-0.2, -0.15) is 0 Å². The molecule has 100 valence electrons. The predicted molar refractivity (Wildman–Crippen MR) is 69.7 cm³/mol. The summed E-state index contributed by atoms with van der Waals surface area (Å²) >= 11 is 0. The average Bonchev–Trinajstić information content (AvgIpc) is 2.93. The zero-order valence-electron chi connectivity index (χ0n) is 10.8. The first-order valence-corrected chi connectivity index (χ1v) is 6.41. The van der Waals surface area contributed by atoms with Crippen molar-refractivity contribution in [3.63, 3.8) is 0 Å². The van der Waals surface area contributed by atoms with Crippen molar-refractivity contribution in [2.45, 2.75) is 25.0 Å². The maximum atomic E-state index is 5.87. The van der Waals surface area contributed by atoms with Crippen LogP contribution in [0.25, 0.3) is 0 Å². The van der Waals surface area contributed by atoms with Crippen LogP contribution in [0.1, 0.15) is 24.5 Å². The molecule has 1 heterocycles. The molecule has 1 aromatic carbocycles. The smallest absolute Gasteiger partial charge is 0.124 e. The normalized spacial score (nSPS) is 20.9. The SMILES string of the molecule is COc1ccccc1C(CN)OCC1CCCO1. The molecule has 1 aliphatic heterocycles. The molecule has 1 saturated heterocycles. The maximum absolute atomic E-state index is 5.87. The number of rotatable bonds is 6. The molecule has 0 radical (unpaired) electrons. The van der Waals surface area contributed by atoms with E-state index in [0.717, 1.165) is 30.8 Å². The van der Waals surface area contributed by atoms with Gasteiger partial charge in [-0.05, 0) is 18.9 Å². The van der Waals surface area contributed by atoms with E-state index in [4.69, 9.17) is 19.9 Å². The van der Waals surface area contributed by atoms with Crippen molar-refractivity contribution < 1.29 is 14.2 Å². The number of ether oxygens (including phenoxy) is 3. The minimum atomic E-state index is -0.134. The molecular formula is C14H21NO3. The molecule has 4 nitrogen and oxygen atoms in total. The van der Waals surface area contributed by atoms with Crippen LogP contribution in [0.5, 0.6) is 5.75 Å². The quantitative estimate of drug-likeness (QED) is 0.839. The van der Waals surface area contributed by atoms with Gasteiger partial charge in [-0.15, -0.1) is 0 Å². The zero-order chi connectivity index (χ0) is 12.8. The molecule has 1 aliphatic rings. The van der Waals surface area contributed by atoms with Crippen molar-refractivity contribution in [2.24, 2.45) is 5.73 Å². The van der Waals surface area contributed by atoms with Crippen molar-refractivity contribution in [3.05, 3.63) is 29.8 Å². The number of hydrogen-bond donors (Lipinski definition) is 1. The Kier molecular flexibility index (Phi) is 4.99. The van der Waals surface area contributed by atoms with Crippen LogP contribution in [0.15, 0.2) is 24.3 Å². The Morgan fingerprint density at radius 2 is 2.28 bits per heavy atom.